The van der Waals surface area contributed by atoms with E-state index in [0.717, 1.165) is 32.1 Å². The summed E-state index contributed by atoms with van der Waals surface area (Å²) in [6.07, 6.45) is 4.13. The lowest BCUT2D eigenvalue weighted by Crippen LogP contribution is -2.64. The molecule has 0 bridgehead atoms. The van der Waals surface area contributed by atoms with Gasteiger partial charge in [0.2, 0.25) is 0 Å². The van der Waals surface area contributed by atoms with E-state index < -0.39 is 0 Å². The molecule has 4 heteroatoms. The van der Waals surface area contributed by atoms with E-state index in [2.05, 4.69) is 22.3 Å². The molecule has 0 radical (unpaired) electrons. The average molecular weight is 185 g/mol. The van der Waals surface area contributed by atoms with Crippen LogP contribution < -0.4 is 4.99 Å². The molecule has 12 heavy (non-hydrogen) atoms. The number of hydrogen-bond acceptors (Lipinski definition) is 3. The molecule has 3 nitrogen and oxygen atoms in total. The molecule has 0 aromatic carbocycles. The maximum absolute atomic E-state index is 5.28. The van der Waals surface area contributed by atoms with Gasteiger partial charge in [-0.2, -0.15) is 0 Å². The van der Waals surface area contributed by atoms with E-state index in [1.807, 2.05) is 11.8 Å². The van der Waals surface area contributed by atoms with Crippen molar-refractivity contribution in [1.29, 1.82) is 0 Å². The predicted molar refractivity (Wildman–Crippen MR) is 50.0 cm³/mol. The maximum Gasteiger partial charge on any atom is 0.197 e. The number of rotatable bonds is 1. The van der Waals surface area contributed by atoms with E-state index in [1.54, 1.807) is 0 Å². The van der Waals surface area contributed by atoms with E-state index in [4.69, 9.17) is 4.74 Å². The van der Waals surface area contributed by atoms with Crippen molar-refractivity contribution in [2.24, 2.45) is 0 Å². The lowest BCUT2D eigenvalue weighted by Gasteiger charge is -2.29. The molecule has 2 aliphatic heterocycles. The van der Waals surface area contributed by atoms with Crippen LogP contribution in [-0.2, 0) is 4.74 Å². The van der Waals surface area contributed by atoms with Gasteiger partial charge in [-0.1, -0.05) is 11.8 Å². The Hall–Kier alpha value is -0.480. The number of thioether (sulfide) groups is 1. The van der Waals surface area contributed by atoms with Crippen molar-refractivity contribution >= 4 is 18.0 Å². The van der Waals surface area contributed by atoms with Crippen LogP contribution in [-0.4, -0.2) is 43.2 Å². The first-order chi connectivity index (χ1) is 5.97. The van der Waals surface area contributed by atoms with Crippen LogP contribution >= 0.6 is 11.8 Å². The van der Waals surface area contributed by atoms with Gasteiger partial charge in [0, 0.05) is 13.1 Å². The standard InChI is InChI=1S/C8H12N2OS/c1-6-12-8(7-9-1)10-2-4-11-5-3-10/h1,7H,2-6H2/p+1. The van der Waals surface area contributed by atoms with E-state index in [9.17, 15) is 0 Å². The van der Waals surface area contributed by atoms with E-state index in [0.29, 0.717) is 0 Å². The van der Waals surface area contributed by atoms with Crippen molar-refractivity contribution in [3.05, 3.63) is 11.2 Å². The monoisotopic (exact) mass is 185 g/mol. The van der Waals surface area contributed by atoms with Crippen LogP contribution in [0.2, 0.25) is 0 Å². The third-order valence-corrected chi connectivity index (χ3v) is 2.97. The van der Waals surface area contributed by atoms with Gasteiger partial charge in [-0.05, 0) is 0 Å². The average Bonchev–Trinajstić information content (AvgIpc) is 2.21. The quantitative estimate of drug-likeness (QED) is 0.568. The molecule has 0 aliphatic carbocycles. The first-order valence-electron chi connectivity index (χ1n) is 4.20. The molecule has 2 aliphatic rings. The topological polar surface area (TPSA) is 26.4 Å². The van der Waals surface area contributed by atoms with Crippen LogP contribution in [0.5, 0.6) is 0 Å². The highest BCUT2D eigenvalue weighted by Crippen LogP contribution is 2.19. The Morgan fingerprint density at radius 1 is 1.42 bits per heavy atom. The van der Waals surface area contributed by atoms with Gasteiger partial charge in [-0.15, -0.1) is 0 Å². The zero-order valence-corrected chi connectivity index (χ0v) is 7.77. The fourth-order valence-electron chi connectivity index (χ4n) is 1.31. The second-order valence-corrected chi connectivity index (χ2v) is 3.80. The Bertz CT molecular complexity index is 209. The summed E-state index contributed by atoms with van der Waals surface area (Å²) in [5, 5.41) is 1.35. The summed E-state index contributed by atoms with van der Waals surface area (Å²) >= 11 is 1.88. The van der Waals surface area contributed by atoms with E-state index in [-0.39, 0.29) is 0 Å². The number of nitrogens with zero attached hydrogens (tertiary/aromatic N) is 1. The molecule has 1 fully saturated rings. The summed E-state index contributed by atoms with van der Waals surface area (Å²) < 4.78 is 5.28. The summed E-state index contributed by atoms with van der Waals surface area (Å²) in [5.74, 6) is 1.06. The van der Waals surface area contributed by atoms with Gasteiger partial charge in [0.05, 0.1) is 19.0 Å². The minimum absolute atomic E-state index is 0.863. The number of hydrogen-bond donors (Lipinski definition) is 1. The van der Waals surface area contributed by atoms with Gasteiger partial charge >= 0.3 is 0 Å². The molecule has 1 saturated heterocycles. The molecule has 0 saturated carbocycles. The minimum atomic E-state index is 0.863. The zero-order chi connectivity index (χ0) is 8.23. The molecular formula is C8H13N2OS+. The summed E-state index contributed by atoms with van der Waals surface area (Å²) in [6, 6.07) is 0. The van der Waals surface area contributed by atoms with Crippen molar-refractivity contribution in [3.8, 4) is 0 Å². The largest absolute Gasteiger partial charge is 0.378 e. The Morgan fingerprint density at radius 2 is 2.25 bits per heavy atom. The molecule has 1 N–H and O–H groups in total. The molecular weight excluding hydrogens is 172 g/mol. The highest BCUT2D eigenvalue weighted by Gasteiger charge is 2.16. The first kappa shape index (κ1) is 8.13. The lowest BCUT2D eigenvalue weighted by atomic mass is 10.4. The van der Waals surface area contributed by atoms with E-state index in [1.165, 1.54) is 5.03 Å². The number of ether oxygens (including phenoxy) is 1. The van der Waals surface area contributed by atoms with Gasteiger partial charge in [-0.3, -0.25) is 0 Å². The van der Waals surface area contributed by atoms with Crippen molar-refractivity contribution in [2.75, 3.05) is 32.1 Å². The normalized spacial score (nSPS) is 24.0. The molecule has 2 heterocycles. The second-order valence-electron chi connectivity index (χ2n) is 2.76. The molecule has 0 amide bonds. The smallest absolute Gasteiger partial charge is 0.197 e. The molecule has 66 valence electrons. The van der Waals surface area contributed by atoms with Crippen molar-refractivity contribution < 1.29 is 9.73 Å². The Kier molecular flexibility index (Phi) is 2.68. The third-order valence-electron chi connectivity index (χ3n) is 1.96. The summed E-state index contributed by atoms with van der Waals surface area (Å²) in [6.45, 7) is 3.78. The van der Waals surface area contributed by atoms with Crippen LogP contribution in [0, 0.1) is 0 Å². The Morgan fingerprint density at radius 3 is 2.92 bits per heavy atom. The fourth-order valence-corrected chi connectivity index (χ4v) is 2.18. The van der Waals surface area contributed by atoms with Crippen molar-refractivity contribution in [2.45, 2.75) is 0 Å². The molecule has 0 aromatic rings. The second kappa shape index (κ2) is 3.96. The number of morpholine rings is 1. The predicted octanol–water partition coefficient (Wildman–Crippen LogP) is -0.984. The molecule has 0 unspecified atom stereocenters. The van der Waals surface area contributed by atoms with Gasteiger partial charge < -0.3 is 9.64 Å². The molecule has 0 aromatic heterocycles. The molecule has 2 rings (SSSR count). The third kappa shape index (κ3) is 1.81. The van der Waals surface area contributed by atoms with Gasteiger partial charge in [0.15, 0.2) is 12.4 Å². The van der Waals surface area contributed by atoms with Crippen LogP contribution in [0.1, 0.15) is 0 Å². The van der Waals surface area contributed by atoms with Gasteiger partial charge in [0.25, 0.3) is 0 Å². The van der Waals surface area contributed by atoms with Crippen molar-refractivity contribution in [3.63, 3.8) is 0 Å². The minimum Gasteiger partial charge on any atom is -0.378 e. The maximum atomic E-state index is 5.28. The van der Waals surface area contributed by atoms with Crippen LogP contribution in [0.25, 0.3) is 0 Å². The van der Waals surface area contributed by atoms with Gasteiger partial charge in [0.1, 0.15) is 5.03 Å². The van der Waals surface area contributed by atoms with Gasteiger partial charge in [-0.25, -0.2) is 4.99 Å². The number of nitrogens with one attached hydrogen (secondary N) is 1. The SMILES string of the molecule is C1=[NH+]C=C(N2CCOCC2)SC1. The highest BCUT2D eigenvalue weighted by molar-refractivity contribution is 8.03. The van der Waals surface area contributed by atoms with E-state index >= 15 is 0 Å². The summed E-state index contributed by atoms with van der Waals surface area (Å²) in [4.78, 5) is 5.51. The summed E-state index contributed by atoms with van der Waals surface area (Å²) in [7, 11) is 0. The Balaban J connectivity index is 1.97. The fraction of sp³-hybridized carbons (Fsp3) is 0.625. The molecule has 0 atom stereocenters. The molecule has 0 spiro atoms. The van der Waals surface area contributed by atoms with Crippen LogP contribution in [0.3, 0.4) is 0 Å². The zero-order valence-electron chi connectivity index (χ0n) is 6.95. The van der Waals surface area contributed by atoms with Crippen LogP contribution in [0.4, 0.5) is 0 Å². The van der Waals surface area contributed by atoms with Crippen molar-refractivity contribution in [1.82, 2.24) is 4.90 Å². The highest BCUT2D eigenvalue weighted by atomic mass is 32.2. The Labute approximate surface area is 76.5 Å². The first-order valence-corrected chi connectivity index (χ1v) is 5.19. The van der Waals surface area contributed by atoms with Crippen LogP contribution in [0.15, 0.2) is 11.2 Å². The summed E-state index contributed by atoms with van der Waals surface area (Å²) in [5.41, 5.74) is 0. The lowest BCUT2D eigenvalue weighted by molar-refractivity contribution is -0.369.